The summed E-state index contributed by atoms with van der Waals surface area (Å²) in [6, 6.07) is 3.89. The van der Waals surface area contributed by atoms with Crippen LogP contribution in [0.15, 0.2) is 36.9 Å². The molecule has 0 fully saturated rings. The lowest BCUT2D eigenvalue weighted by molar-refractivity contribution is -0.137. The van der Waals surface area contributed by atoms with Gasteiger partial charge in [0, 0.05) is 5.92 Å². The van der Waals surface area contributed by atoms with Crippen molar-refractivity contribution in [2.75, 3.05) is 0 Å². The summed E-state index contributed by atoms with van der Waals surface area (Å²) in [5.41, 5.74) is -0.964. The van der Waals surface area contributed by atoms with Crippen LogP contribution in [0.5, 0.6) is 5.75 Å². The molecule has 3 atom stereocenters. The molecule has 0 spiro atoms. The highest BCUT2D eigenvalue weighted by Crippen LogP contribution is 2.33. The van der Waals surface area contributed by atoms with Crippen LogP contribution in [0, 0.1) is 5.92 Å². The second kappa shape index (κ2) is 7.12. The molecule has 132 valence electrons. The first-order chi connectivity index (χ1) is 11.2. The highest BCUT2D eigenvalue weighted by molar-refractivity contribution is 5.30. The number of aromatic nitrogens is 3. The van der Waals surface area contributed by atoms with Crippen molar-refractivity contribution in [3.05, 3.63) is 42.5 Å². The second-order valence-electron chi connectivity index (χ2n) is 5.09. The molecule has 10 heteroatoms. The van der Waals surface area contributed by atoms with Crippen LogP contribution in [-0.2, 0) is 6.18 Å². The smallest absolute Gasteiger partial charge is 0.416 e. The van der Waals surface area contributed by atoms with Crippen molar-refractivity contribution in [2.24, 2.45) is 5.92 Å². The van der Waals surface area contributed by atoms with Crippen molar-refractivity contribution in [3.63, 3.8) is 0 Å². The summed E-state index contributed by atoms with van der Waals surface area (Å²) in [4.78, 5) is 3.62. The van der Waals surface area contributed by atoms with Crippen LogP contribution in [0.1, 0.15) is 18.7 Å². The Morgan fingerprint density at radius 2 is 1.96 bits per heavy atom. The highest BCUT2D eigenvalue weighted by Gasteiger charge is 2.35. The van der Waals surface area contributed by atoms with E-state index in [1.165, 1.54) is 6.07 Å². The molecule has 3 unspecified atom stereocenters. The number of benzene rings is 1. The van der Waals surface area contributed by atoms with Gasteiger partial charge in [-0.2, -0.15) is 18.3 Å². The maximum Gasteiger partial charge on any atom is 0.416 e. The lowest BCUT2D eigenvalue weighted by Crippen LogP contribution is -2.37. The van der Waals surface area contributed by atoms with Crippen LogP contribution < -0.4 is 4.74 Å². The summed E-state index contributed by atoms with van der Waals surface area (Å²) in [5, 5.41) is 13.8. The van der Waals surface area contributed by atoms with E-state index >= 15 is 0 Å². The quantitative estimate of drug-likeness (QED) is 0.813. The summed E-state index contributed by atoms with van der Waals surface area (Å²) < 4.78 is 70.1. The van der Waals surface area contributed by atoms with Crippen LogP contribution in [0.25, 0.3) is 0 Å². The van der Waals surface area contributed by atoms with Gasteiger partial charge < -0.3 is 9.84 Å². The minimum absolute atomic E-state index is 0.245. The highest BCUT2D eigenvalue weighted by atomic mass is 19.4. The summed E-state index contributed by atoms with van der Waals surface area (Å²) in [6.45, 7) is 1.09. The SMILES string of the molecule is CC(C(F)F)C(O)C(Oc1cccc(C(F)(F)F)c1)n1cncn1. The van der Waals surface area contributed by atoms with Crippen LogP contribution in [0.3, 0.4) is 0 Å². The Bertz CT molecular complexity index is 648. The van der Waals surface area contributed by atoms with Crippen molar-refractivity contribution < 1.29 is 31.8 Å². The third-order valence-electron chi connectivity index (χ3n) is 3.34. The predicted octanol–water partition coefficient (Wildman–Crippen LogP) is 3.14. The third kappa shape index (κ3) is 4.19. The van der Waals surface area contributed by atoms with Crippen molar-refractivity contribution in [3.8, 4) is 5.75 Å². The monoisotopic (exact) mass is 351 g/mol. The van der Waals surface area contributed by atoms with Crippen molar-refractivity contribution in [2.45, 2.75) is 31.9 Å². The lowest BCUT2D eigenvalue weighted by atomic mass is 10.0. The van der Waals surface area contributed by atoms with Crippen molar-refractivity contribution >= 4 is 0 Å². The van der Waals surface area contributed by atoms with E-state index in [1.54, 1.807) is 0 Å². The fraction of sp³-hybridized carbons (Fsp3) is 0.429. The van der Waals surface area contributed by atoms with E-state index in [1.807, 2.05) is 0 Å². The predicted molar refractivity (Wildman–Crippen MR) is 72.3 cm³/mol. The third-order valence-corrected chi connectivity index (χ3v) is 3.34. The lowest BCUT2D eigenvalue weighted by Gasteiger charge is -2.28. The fourth-order valence-electron chi connectivity index (χ4n) is 1.92. The number of hydrogen-bond donors (Lipinski definition) is 1. The first-order valence-electron chi connectivity index (χ1n) is 6.84. The zero-order valence-corrected chi connectivity index (χ0v) is 12.4. The zero-order valence-electron chi connectivity index (χ0n) is 12.4. The Morgan fingerprint density at radius 3 is 2.50 bits per heavy atom. The largest absolute Gasteiger partial charge is 0.466 e. The topological polar surface area (TPSA) is 60.2 Å². The number of aliphatic hydroxyl groups excluding tert-OH is 1. The van der Waals surface area contributed by atoms with Gasteiger partial charge in [0.1, 0.15) is 24.5 Å². The van der Waals surface area contributed by atoms with Gasteiger partial charge >= 0.3 is 6.18 Å². The molecular formula is C14H14F5N3O2. The molecule has 0 bridgehead atoms. The molecule has 1 aromatic heterocycles. The van der Waals surface area contributed by atoms with Crippen LogP contribution in [0.2, 0.25) is 0 Å². The van der Waals surface area contributed by atoms with E-state index in [2.05, 4.69) is 10.1 Å². The molecule has 1 aromatic carbocycles. The molecule has 0 aliphatic carbocycles. The normalized spacial score (nSPS) is 16.0. The molecule has 0 saturated carbocycles. The Labute approximate surface area is 133 Å². The number of rotatable bonds is 6. The van der Waals surface area contributed by atoms with Gasteiger partial charge in [-0.05, 0) is 18.2 Å². The standard InChI is InChI=1S/C14H14F5N3O2/c1-8(12(15)16)11(23)13(22-7-20-6-21-22)24-10-4-2-3-9(5-10)14(17,18)19/h2-8,11-13,23H,1H3. The molecule has 0 aliphatic heterocycles. The van der Waals surface area contributed by atoms with Gasteiger partial charge in [-0.3, -0.25) is 0 Å². The van der Waals surface area contributed by atoms with E-state index in [0.717, 1.165) is 36.4 Å². The Morgan fingerprint density at radius 1 is 1.25 bits per heavy atom. The maximum absolute atomic E-state index is 12.8. The Hall–Kier alpha value is -2.23. The molecule has 1 N–H and O–H groups in total. The molecule has 5 nitrogen and oxygen atoms in total. The van der Waals surface area contributed by atoms with Crippen LogP contribution in [0.4, 0.5) is 22.0 Å². The minimum Gasteiger partial charge on any atom is -0.466 e. The molecule has 0 amide bonds. The van der Waals surface area contributed by atoms with Crippen LogP contribution in [-0.4, -0.2) is 32.4 Å². The molecule has 0 saturated heterocycles. The van der Waals surface area contributed by atoms with Gasteiger partial charge in [-0.15, -0.1) is 0 Å². The van der Waals surface area contributed by atoms with E-state index in [4.69, 9.17) is 4.74 Å². The molecule has 1 heterocycles. The van der Waals surface area contributed by atoms with Gasteiger partial charge in [0.15, 0.2) is 0 Å². The van der Waals surface area contributed by atoms with E-state index in [0.29, 0.717) is 6.07 Å². The first kappa shape index (κ1) is 18.1. The number of alkyl halides is 5. The van der Waals surface area contributed by atoms with Gasteiger partial charge in [0.25, 0.3) is 0 Å². The molecule has 2 rings (SSSR count). The molecule has 2 aromatic rings. The van der Waals surface area contributed by atoms with Crippen molar-refractivity contribution in [1.29, 1.82) is 0 Å². The van der Waals surface area contributed by atoms with E-state index in [9.17, 15) is 27.1 Å². The number of hydrogen-bond acceptors (Lipinski definition) is 4. The number of aliphatic hydroxyl groups is 1. The number of nitrogens with zero attached hydrogens (tertiary/aromatic N) is 3. The van der Waals surface area contributed by atoms with Gasteiger partial charge in [-0.1, -0.05) is 13.0 Å². The Kier molecular flexibility index (Phi) is 5.37. The zero-order chi connectivity index (χ0) is 17.9. The van der Waals surface area contributed by atoms with E-state index < -0.39 is 36.4 Å². The average molecular weight is 351 g/mol. The van der Waals surface area contributed by atoms with Gasteiger partial charge in [-0.25, -0.2) is 18.4 Å². The van der Waals surface area contributed by atoms with Gasteiger partial charge in [0.2, 0.25) is 12.7 Å². The first-order valence-corrected chi connectivity index (χ1v) is 6.84. The van der Waals surface area contributed by atoms with Crippen LogP contribution >= 0.6 is 0 Å². The number of ether oxygens (including phenoxy) is 1. The van der Waals surface area contributed by atoms with E-state index in [-0.39, 0.29) is 5.75 Å². The summed E-state index contributed by atoms with van der Waals surface area (Å²) in [5.74, 6) is -1.74. The fourth-order valence-corrected chi connectivity index (χ4v) is 1.92. The van der Waals surface area contributed by atoms with Crippen molar-refractivity contribution in [1.82, 2.24) is 14.8 Å². The number of halogens is 5. The molecular weight excluding hydrogens is 337 g/mol. The summed E-state index contributed by atoms with van der Waals surface area (Å²) in [6.07, 6.45) is -8.42. The second-order valence-corrected chi connectivity index (χ2v) is 5.09. The molecule has 0 radical (unpaired) electrons. The maximum atomic E-state index is 12.8. The summed E-state index contributed by atoms with van der Waals surface area (Å²) in [7, 11) is 0. The molecule has 24 heavy (non-hydrogen) atoms. The summed E-state index contributed by atoms with van der Waals surface area (Å²) >= 11 is 0. The molecule has 0 aliphatic rings. The average Bonchev–Trinajstić information content (AvgIpc) is 3.04. The minimum atomic E-state index is -4.59. The Balaban J connectivity index is 2.30. The van der Waals surface area contributed by atoms with Gasteiger partial charge in [0.05, 0.1) is 5.56 Å².